The van der Waals surface area contributed by atoms with Crippen LogP contribution in [0.25, 0.3) is 0 Å². The highest BCUT2D eigenvalue weighted by Gasteiger charge is 2.22. The Bertz CT molecular complexity index is 383. The van der Waals surface area contributed by atoms with Crippen LogP contribution in [0.15, 0.2) is 36.9 Å². The molecule has 0 heterocycles. The fourth-order valence-corrected chi connectivity index (χ4v) is 1.50. The van der Waals surface area contributed by atoms with E-state index in [1.165, 1.54) is 0 Å². The predicted molar refractivity (Wildman–Crippen MR) is 61.9 cm³/mol. The van der Waals surface area contributed by atoms with Crippen molar-refractivity contribution in [2.75, 3.05) is 0 Å². The molecule has 0 saturated carbocycles. The van der Waals surface area contributed by atoms with Crippen LogP contribution in [0.2, 0.25) is 0 Å². The topological polar surface area (TPSA) is 46.5 Å². The number of carbonyl (C=O) groups is 1. The molecule has 1 N–H and O–H groups in total. The number of hydrogen-bond donors (Lipinski definition) is 1. The molecule has 2 unspecified atom stereocenters. The average Bonchev–Trinajstić information content (AvgIpc) is 2.26. The highest BCUT2D eigenvalue weighted by atomic mass is 16.6. The lowest BCUT2D eigenvalue weighted by molar-refractivity contribution is -0.148. The second kappa shape index (κ2) is 5.47. The third kappa shape index (κ3) is 2.94. The van der Waals surface area contributed by atoms with E-state index in [-0.39, 0.29) is 0 Å². The zero-order valence-corrected chi connectivity index (χ0v) is 9.51. The molecule has 1 aromatic rings. The largest absolute Gasteiger partial charge is 0.452 e. The van der Waals surface area contributed by atoms with Gasteiger partial charge in [0.2, 0.25) is 0 Å². The quantitative estimate of drug-likeness (QED) is 0.624. The van der Waals surface area contributed by atoms with E-state index in [1.54, 1.807) is 6.92 Å². The lowest BCUT2D eigenvalue weighted by atomic mass is 10.0. The fraction of sp³-hybridized carbons (Fsp3) is 0.308. The number of aryl methyl sites for hydroxylation is 1. The lowest BCUT2D eigenvalue weighted by Crippen LogP contribution is -2.21. The molecule has 0 aliphatic rings. The van der Waals surface area contributed by atoms with Crippen LogP contribution in [0, 0.1) is 6.92 Å². The van der Waals surface area contributed by atoms with Crippen LogP contribution in [0.5, 0.6) is 0 Å². The van der Waals surface area contributed by atoms with E-state index in [9.17, 15) is 9.90 Å². The molecule has 1 rings (SSSR count). The fourth-order valence-electron chi connectivity index (χ4n) is 1.50. The van der Waals surface area contributed by atoms with Crippen molar-refractivity contribution in [3.8, 4) is 0 Å². The normalized spacial score (nSPS) is 13.9. The van der Waals surface area contributed by atoms with Gasteiger partial charge in [-0.3, -0.25) is 0 Å². The number of aliphatic hydroxyl groups is 1. The maximum Gasteiger partial charge on any atom is 0.330 e. The van der Waals surface area contributed by atoms with Gasteiger partial charge in [-0.15, -0.1) is 0 Å². The minimum absolute atomic E-state index is 0.533. The molecule has 1 aromatic carbocycles. The first-order chi connectivity index (χ1) is 7.56. The number of ether oxygens (including phenoxy) is 1. The first-order valence-electron chi connectivity index (χ1n) is 5.13. The van der Waals surface area contributed by atoms with Crippen LogP contribution in [0.1, 0.15) is 24.2 Å². The summed E-state index contributed by atoms with van der Waals surface area (Å²) in [5, 5.41) is 9.62. The molecule has 0 aliphatic heterocycles. The Kier molecular flexibility index (Phi) is 4.26. The van der Waals surface area contributed by atoms with Crippen molar-refractivity contribution in [2.24, 2.45) is 0 Å². The van der Waals surface area contributed by atoms with E-state index in [1.807, 2.05) is 31.2 Å². The summed E-state index contributed by atoms with van der Waals surface area (Å²) < 4.78 is 5.12. The number of carbonyl (C=O) groups excluding carboxylic acids is 1. The van der Waals surface area contributed by atoms with E-state index in [0.29, 0.717) is 0 Å². The van der Waals surface area contributed by atoms with E-state index in [2.05, 4.69) is 6.58 Å². The van der Waals surface area contributed by atoms with E-state index in [4.69, 9.17) is 4.74 Å². The Labute approximate surface area is 95.4 Å². The van der Waals surface area contributed by atoms with Gasteiger partial charge in [0, 0.05) is 6.08 Å². The monoisotopic (exact) mass is 220 g/mol. The van der Waals surface area contributed by atoms with Crippen LogP contribution in [0.3, 0.4) is 0 Å². The molecule has 0 aliphatic carbocycles. The summed E-state index contributed by atoms with van der Waals surface area (Å²) in [6, 6.07) is 7.49. The van der Waals surface area contributed by atoms with Gasteiger partial charge in [-0.1, -0.05) is 30.8 Å². The molecule has 0 spiro atoms. The Morgan fingerprint density at radius 3 is 2.62 bits per heavy atom. The van der Waals surface area contributed by atoms with Crippen LogP contribution < -0.4 is 0 Å². The second-order valence-electron chi connectivity index (χ2n) is 3.66. The molecular formula is C13H16O3. The Balaban J connectivity index is 2.98. The van der Waals surface area contributed by atoms with Gasteiger partial charge in [-0.05, 0) is 25.0 Å². The third-order valence-corrected chi connectivity index (χ3v) is 2.34. The SMILES string of the molecule is C=CC(=O)OC(c1ccccc1C)C(C)O. The Hall–Kier alpha value is -1.61. The van der Waals surface area contributed by atoms with Crippen LogP contribution in [0.4, 0.5) is 0 Å². The zero-order valence-electron chi connectivity index (χ0n) is 9.51. The molecule has 16 heavy (non-hydrogen) atoms. The predicted octanol–water partition coefficient (Wildman–Crippen LogP) is 2.15. The average molecular weight is 220 g/mol. The van der Waals surface area contributed by atoms with Crippen molar-refractivity contribution in [3.63, 3.8) is 0 Å². The summed E-state index contributed by atoms with van der Waals surface area (Å²) in [4.78, 5) is 11.2. The first kappa shape index (κ1) is 12.5. The summed E-state index contributed by atoms with van der Waals surface area (Å²) in [5.74, 6) is -0.533. The smallest absolute Gasteiger partial charge is 0.330 e. The molecule has 3 heteroatoms. The summed E-state index contributed by atoms with van der Waals surface area (Å²) in [5.41, 5.74) is 1.79. The van der Waals surface area contributed by atoms with Crippen molar-refractivity contribution >= 4 is 5.97 Å². The Morgan fingerprint density at radius 1 is 1.50 bits per heavy atom. The molecule has 0 amide bonds. The molecule has 3 nitrogen and oxygen atoms in total. The van der Waals surface area contributed by atoms with Crippen molar-refractivity contribution < 1.29 is 14.6 Å². The van der Waals surface area contributed by atoms with Crippen LogP contribution in [-0.2, 0) is 9.53 Å². The molecule has 2 atom stereocenters. The zero-order chi connectivity index (χ0) is 12.1. The summed E-state index contributed by atoms with van der Waals surface area (Å²) in [6.07, 6.45) is -0.315. The lowest BCUT2D eigenvalue weighted by Gasteiger charge is -2.21. The van der Waals surface area contributed by atoms with Gasteiger partial charge in [-0.2, -0.15) is 0 Å². The highest BCUT2D eigenvalue weighted by molar-refractivity contribution is 5.81. The number of esters is 1. The van der Waals surface area contributed by atoms with Crippen molar-refractivity contribution in [3.05, 3.63) is 48.0 Å². The molecule has 0 saturated heterocycles. The minimum atomic E-state index is -0.759. The standard InChI is InChI=1S/C13H16O3/c1-4-12(15)16-13(10(3)14)11-8-6-5-7-9(11)2/h4-8,10,13-14H,1H2,2-3H3. The molecular weight excluding hydrogens is 204 g/mol. The van der Waals surface area contributed by atoms with Gasteiger partial charge in [0.05, 0.1) is 6.10 Å². The molecule has 0 aromatic heterocycles. The molecule has 0 fully saturated rings. The second-order valence-corrected chi connectivity index (χ2v) is 3.66. The van der Waals surface area contributed by atoms with Gasteiger partial charge >= 0.3 is 5.97 Å². The third-order valence-electron chi connectivity index (χ3n) is 2.34. The molecule has 0 bridgehead atoms. The van der Waals surface area contributed by atoms with Crippen molar-refractivity contribution in [1.29, 1.82) is 0 Å². The van der Waals surface area contributed by atoms with E-state index < -0.39 is 18.2 Å². The number of benzene rings is 1. The maximum absolute atomic E-state index is 11.2. The number of hydrogen-bond acceptors (Lipinski definition) is 3. The van der Waals surface area contributed by atoms with Gasteiger partial charge < -0.3 is 9.84 Å². The summed E-state index contributed by atoms with van der Waals surface area (Å²) in [7, 11) is 0. The van der Waals surface area contributed by atoms with Gasteiger partial charge in [0.15, 0.2) is 6.10 Å². The van der Waals surface area contributed by atoms with E-state index in [0.717, 1.165) is 17.2 Å². The van der Waals surface area contributed by atoms with Crippen LogP contribution >= 0.6 is 0 Å². The highest BCUT2D eigenvalue weighted by Crippen LogP contribution is 2.24. The Morgan fingerprint density at radius 2 is 2.12 bits per heavy atom. The van der Waals surface area contributed by atoms with Crippen LogP contribution in [-0.4, -0.2) is 17.2 Å². The summed E-state index contributed by atoms with van der Waals surface area (Å²) >= 11 is 0. The van der Waals surface area contributed by atoms with Crippen molar-refractivity contribution in [1.82, 2.24) is 0 Å². The minimum Gasteiger partial charge on any atom is -0.452 e. The number of rotatable bonds is 4. The first-order valence-corrected chi connectivity index (χ1v) is 5.13. The van der Waals surface area contributed by atoms with Gasteiger partial charge in [0.25, 0.3) is 0 Å². The van der Waals surface area contributed by atoms with Gasteiger partial charge in [0.1, 0.15) is 0 Å². The maximum atomic E-state index is 11.2. The molecule has 86 valence electrons. The van der Waals surface area contributed by atoms with E-state index >= 15 is 0 Å². The number of aliphatic hydroxyl groups excluding tert-OH is 1. The summed E-state index contributed by atoms with van der Waals surface area (Å²) in [6.45, 7) is 6.83. The molecule has 0 radical (unpaired) electrons. The van der Waals surface area contributed by atoms with Gasteiger partial charge in [-0.25, -0.2) is 4.79 Å². The van der Waals surface area contributed by atoms with Crippen molar-refractivity contribution in [2.45, 2.75) is 26.1 Å².